The number of carbonyl (C=O) groups is 2. The van der Waals surface area contributed by atoms with E-state index in [1.807, 2.05) is 24.3 Å². The maximum Gasteiger partial charge on any atom is 0.250 e. The van der Waals surface area contributed by atoms with Crippen molar-refractivity contribution in [1.29, 1.82) is 0 Å². The van der Waals surface area contributed by atoms with E-state index in [4.69, 9.17) is 4.74 Å². The third-order valence-corrected chi connectivity index (χ3v) is 4.18. The number of ether oxygens (including phenoxy) is 1. The minimum Gasteiger partial charge on any atom is -0.497 e. The summed E-state index contributed by atoms with van der Waals surface area (Å²) in [5.74, 6) is 0.651. The molecule has 0 saturated heterocycles. The Bertz CT molecular complexity index is 979. The van der Waals surface area contributed by atoms with Crippen LogP contribution in [0.4, 0.5) is 11.6 Å². The standard InChI is InChI=1S/C18H16N4O3/c1-25-12-6-4-5-11(9-12)19-16(23)10-15-17(24)21-18-20-13-7-2-3-8-14(13)22(15)18/h2-9,15H,10H2,1H3,(H,19,23)(H,20,21,24). The van der Waals surface area contributed by atoms with Gasteiger partial charge in [-0.15, -0.1) is 0 Å². The molecule has 7 heteroatoms. The van der Waals surface area contributed by atoms with Crippen molar-refractivity contribution in [2.75, 3.05) is 17.7 Å². The third kappa shape index (κ3) is 2.69. The average Bonchev–Trinajstić information content (AvgIpc) is 3.11. The van der Waals surface area contributed by atoms with Crippen molar-refractivity contribution in [3.05, 3.63) is 48.5 Å². The van der Waals surface area contributed by atoms with Crippen LogP contribution in [0.3, 0.4) is 0 Å². The lowest BCUT2D eigenvalue weighted by molar-refractivity contribution is -0.123. The Hall–Kier alpha value is -3.35. The number of methoxy groups -OCH3 is 1. The molecule has 3 aromatic rings. The van der Waals surface area contributed by atoms with Gasteiger partial charge >= 0.3 is 0 Å². The van der Waals surface area contributed by atoms with Gasteiger partial charge in [0.2, 0.25) is 17.8 Å². The van der Waals surface area contributed by atoms with Crippen LogP contribution in [0, 0.1) is 0 Å². The molecule has 2 heterocycles. The number of benzene rings is 2. The fraction of sp³-hybridized carbons (Fsp3) is 0.167. The molecule has 1 atom stereocenters. The molecular formula is C18H16N4O3. The van der Waals surface area contributed by atoms with Crippen LogP contribution < -0.4 is 15.4 Å². The van der Waals surface area contributed by atoms with Gasteiger partial charge in [0.05, 0.1) is 24.6 Å². The van der Waals surface area contributed by atoms with Gasteiger partial charge in [-0.3, -0.25) is 19.5 Å². The SMILES string of the molecule is COc1cccc(NC(=O)CC2C(=O)Nc3nc4ccccc4n32)c1. The van der Waals surface area contributed by atoms with Gasteiger partial charge in [0.15, 0.2) is 0 Å². The van der Waals surface area contributed by atoms with Crippen LogP contribution in [-0.2, 0) is 9.59 Å². The highest BCUT2D eigenvalue weighted by Crippen LogP contribution is 2.32. The quantitative estimate of drug-likeness (QED) is 0.767. The number of hydrogen-bond acceptors (Lipinski definition) is 4. The van der Waals surface area contributed by atoms with Crippen LogP contribution in [0.25, 0.3) is 11.0 Å². The lowest BCUT2D eigenvalue weighted by Crippen LogP contribution is -2.23. The molecule has 0 bridgehead atoms. The minimum absolute atomic E-state index is 0.0242. The fourth-order valence-corrected chi connectivity index (χ4v) is 3.03. The Labute approximate surface area is 143 Å². The van der Waals surface area contributed by atoms with Crippen molar-refractivity contribution in [1.82, 2.24) is 9.55 Å². The van der Waals surface area contributed by atoms with E-state index >= 15 is 0 Å². The minimum atomic E-state index is -0.618. The van der Waals surface area contributed by atoms with E-state index < -0.39 is 6.04 Å². The molecule has 1 unspecified atom stereocenters. The Morgan fingerprint density at radius 2 is 2.12 bits per heavy atom. The number of anilines is 2. The number of imidazole rings is 1. The summed E-state index contributed by atoms with van der Waals surface area (Å²) >= 11 is 0. The molecule has 7 nitrogen and oxygen atoms in total. The van der Waals surface area contributed by atoms with Crippen LogP contribution in [0.5, 0.6) is 5.75 Å². The number of para-hydroxylation sites is 2. The van der Waals surface area contributed by atoms with Crippen molar-refractivity contribution in [2.45, 2.75) is 12.5 Å². The number of aromatic nitrogens is 2. The molecule has 1 aromatic heterocycles. The fourth-order valence-electron chi connectivity index (χ4n) is 3.03. The molecule has 2 N–H and O–H groups in total. The Morgan fingerprint density at radius 3 is 2.96 bits per heavy atom. The van der Waals surface area contributed by atoms with E-state index in [2.05, 4.69) is 15.6 Å². The Balaban J connectivity index is 1.57. The van der Waals surface area contributed by atoms with Crippen molar-refractivity contribution >= 4 is 34.5 Å². The topological polar surface area (TPSA) is 85.2 Å². The molecule has 0 spiro atoms. The van der Waals surface area contributed by atoms with Crippen LogP contribution in [0.15, 0.2) is 48.5 Å². The number of amides is 2. The molecule has 2 amide bonds. The van der Waals surface area contributed by atoms with Crippen LogP contribution >= 0.6 is 0 Å². The number of nitrogens with one attached hydrogen (secondary N) is 2. The van der Waals surface area contributed by atoms with E-state index in [1.165, 1.54) is 0 Å². The maximum absolute atomic E-state index is 12.4. The second-order valence-corrected chi connectivity index (χ2v) is 5.78. The van der Waals surface area contributed by atoms with Gasteiger partial charge in [-0.2, -0.15) is 0 Å². The number of carbonyl (C=O) groups excluding carboxylic acids is 2. The van der Waals surface area contributed by atoms with Gasteiger partial charge in [0, 0.05) is 11.8 Å². The van der Waals surface area contributed by atoms with Crippen LogP contribution in [0.2, 0.25) is 0 Å². The summed E-state index contributed by atoms with van der Waals surface area (Å²) in [5, 5.41) is 5.54. The highest BCUT2D eigenvalue weighted by atomic mass is 16.5. The number of hydrogen-bond donors (Lipinski definition) is 2. The van der Waals surface area contributed by atoms with Gasteiger partial charge in [0.1, 0.15) is 11.8 Å². The zero-order chi connectivity index (χ0) is 17.4. The normalized spacial score (nSPS) is 15.7. The average molecular weight is 336 g/mol. The molecule has 25 heavy (non-hydrogen) atoms. The predicted octanol–water partition coefficient (Wildman–Crippen LogP) is 2.57. The van der Waals surface area contributed by atoms with Crippen molar-refractivity contribution in [3.8, 4) is 5.75 Å². The second-order valence-electron chi connectivity index (χ2n) is 5.78. The molecule has 4 rings (SSSR count). The highest BCUT2D eigenvalue weighted by Gasteiger charge is 2.34. The Morgan fingerprint density at radius 1 is 1.28 bits per heavy atom. The van der Waals surface area contributed by atoms with Gasteiger partial charge < -0.3 is 10.1 Å². The molecule has 1 aliphatic rings. The number of rotatable bonds is 4. The summed E-state index contributed by atoms with van der Waals surface area (Å²) in [4.78, 5) is 29.1. The molecule has 0 aliphatic carbocycles. The van der Waals surface area contributed by atoms with E-state index in [1.54, 1.807) is 35.9 Å². The molecule has 0 saturated carbocycles. The predicted molar refractivity (Wildman–Crippen MR) is 93.6 cm³/mol. The lowest BCUT2D eigenvalue weighted by atomic mass is 10.1. The van der Waals surface area contributed by atoms with E-state index in [9.17, 15) is 9.59 Å². The first kappa shape index (κ1) is 15.2. The third-order valence-electron chi connectivity index (χ3n) is 4.18. The van der Waals surface area contributed by atoms with Crippen molar-refractivity contribution in [2.24, 2.45) is 0 Å². The van der Waals surface area contributed by atoms with Crippen molar-refractivity contribution in [3.63, 3.8) is 0 Å². The summed E-state index contributed by atoms with van der Waals surface area (Å²) < 4.78 is 6.92. The molecule has 0 fully saturated rings. The summed E-state index contributed by atoms with van der Waals surface area (Å²) in [7, 11) is 1.56. The first-order valence-electron chi connectivity index (χ1n) is 7.87. The number of fused-ring (bicyclic) bond motifs is 3. The summed E-state index contributed by atoms with van der Waals surface area (Å²) in [6, 6.07) is 14.0. The zero-order valence-electron chi connectivity index (χ0n) is 13.5. The van der Waals surface area contributed by atoms with Gasteiger partial charge in [-0.25, -0.2) is 4.98 Å². The largest absolute Gasteiger partial charge is 0.497 e. The van der Waals surface area contributed by atoms with Crippen LogP contribution in [-0.4, -0.2) is 28.5 Å². The van der Waals surface area contributed by atoms with E-state index in [0.29, 0.717) is 17.4 Å². The molecule has 2 aromatic carbocycles. The smallest absolute Gasteiger partial charge is 0.250 e. The molecular weight excluding hydrogens is 320 g/mol. The molecule has 0 radical (unpaired) electrons. The lowest BCUT2D eigenvalue weighted by Gasteiger charge is -2.12. The highest BCUT2D eigenvalue weighted by molar-refractivity contribution is 6.03. The number of nitrogens with zero attached hydrogens (tertiary/aromatic N) is 2. The molecule has 1 aliphatic heterocycles. The van der Waals surface area contributed by atoms with Gasteiger partial charge in [0.25, 0.3) is 0 Å². The summed E-state index contributed by atoms with van der Waals surface area (Å²) in [6.07, 6.45) is 0.0242. The van der Waals surface area contributed by atoms with Gasteiger partial charge in [-0.1, -0.05) is 18.2 Å². The first-order valence-corrected chi connectivity index (χ1v) is 7.87. The van der Waals surface area contributed by atoms with Gasteiger partial charge in [-0.05, 0) is 24.3 Å². The maximum atomic E-state index is 12.4. The summed E-state index contributed by atoms with van der Waals surface area (Å²) in [5.41, 5.74) is 2.24. The monoisotopic (exact) mass is 336 g/mol. The second kappa shape index (κ2) is 5.94. The first-order chi connectivity index (χ1) is 12.2. The van der Waals surface area contributed by atoms with E-state index in [-0.39, 0.29) is 18.2 Å². The Kier molecular flexibility index (Phi) is 3.61. The van der Waals surface area contributed by atoms with E-state index in [0.717, 1.165) is 11.0 Å². The zero-order valence-corrected chi connectivity index (χ0v) is 13.5. The molecule has 126 valence electrons. The van der Waals surface area contributed by atoms with Crippen molar-refractivity contribution < 1.29 is 14.3 Å². The van der Waals surface area contributed by atoms with Crippen LogP contribution in [0.1, 0.15) is 12.5 Å². The summed E-state index contributed by atoms with van der Waals surface area (Å²) in [6.45, 7) is 0.